The number of rotatable bonds is 4. The van der Waals surface area contributed by atoms with Crippen LogP contribution in [0.15, 0.2) is 42.5 Å². The van der Waals surface area contributed by atoms with Gasteiger partial charge in [-0.1, -0.05) is 36.4 Å². The Morgan fingerprint density at radius 1 is 1.04 bits per heavy atom. The molecule has 0 N–H and O–H groups in total. The van der Waals surface area contributed by atoms with Gasteiger partial charge in [0.1, 0.15) is 5.75 Å². The minimum Gasteiger partial charge on any atom is -0.493 e. The molecule has 2 aromatic rings. The van der Waals surface area contributed by atoms with Crippen molar-refractivity contribution < 1.29 is 4.74 Å². The van der Waals surface area contributed by atoms with Gasteiger partial charge in [0, 0.05) is 11.6 Å². The van der Waals surface area contributed by atoms with Gasteiger partial charge in [-0.05, 0) is 74.9 Å². The number of likely N-dealkylation sites (tertiary alicyclic amines) is 1. The van der Waals surface area contributed by atoms with E-state index >= 15 is 0 Å². The molecule has 0 bridgehead atoms. The van der Waals surface area contributed by atoms with E-state index in [4.69, 9.17) is 4.74 Å². The van der Waals surface area contributed by atoms with E-state index in [2.05, 4.69) is 41.3 Å². The van der Waals surface area contributed by atoms with E-state index in [-0.39, 0.29) is 0 Å². The minimum atomic E-state index is 0.708. The number of hydrogen-bond acceptors (Lipinski definition) is 2. The molecule has 0 amide bonds. The van der Waals surface area contributed by atoms with Crippen LogP contribution in [-0.4, -0.2) is 30.6 Å². The third-order valence-corrected chi connectivity index (χ3v) is 5.56. The Morgan fingerprint density at radius 3 is 2.71 bits per heavy atom. The summed E-state index contributed by atoms with van der Waals surface area (Å²) in [5.41, 5.74) is 5.59. The molecule has 2 nitrogen and oxygen atoms in total. The second-order valence-electron chi connectivity index (χ2n) is 7.05. The number of hydrogen-bond donors (Lipinski definition) is 0. The summed E-state index contributed by atoms with van der Waals surface area (Å²) in [6.07, 6.45) is 6.51. The van der Waals surface area contributed by atoms with Crippen LogP contribution in [0.2, 0.25) is 0 Å². The molecule has 1 atom stereocenters. The van der Waals surface area contributed by atoms with Crippen molar-refractivity contribution in [3.63, 3.8) is 0 Å². The van der Waals surface area contributed by atoms with Crippen LogP contribution >= 0.6 is 0 Å². The maximum atomic E-state index is 5.81. The molecule has 2 aromatic carbocycles. The zero-order valence-electron chi connectivity index (χ0n) is 14.6. The molecule has 0 spiro atoms. The van der Waals surface area contributed by atoms with E-state index in [0.717, 1.165) is 11.8 Å². The van der Waals surface area contributed by atoms with Crippen LogP contribution in [0, 0.1) is 0 Å². The average Bonchev–Trinajstić information content (AvgIpc) is 3.16. The third kappa shape index (κ3) is 3.08. The number of nitrogens with zero attached hydrogens (tertiary/aromatic N) is 1. The Hall–Kier alpha value is -1.80. The molecule has 126 valence electrons. The second-order valence-corrected chi connectivity index (χ2v) is 7.05. The highest BCUT2D eigenvalue weighted by molar-refractivity contribution is 5.71. The number of aryl methyl sites for hydroxylation is 1. The molecule has 0 radical (unpaired) electrons. The van der Waals surface area contributed by atoms with Crippen molar-refractivity contribution in [2.75, 3.05) is 19.7 Å². The molecular weight excluding hydrogens is 294 g/mol. The fraction of sp³-hybridized carbons (Fsp3) is 0.455. The highest BCUT2D eigenvalue weighted by Gasteiger charge is 2.26. The summed E-state index contributed by atoms with van der Waals surface area (Å²) in [5.74, 6) is 0.991. The van der Waals surface area contributed by atoms with Crippen LogP contribution in [-0.2, 0) is 12.8 Å². The molecule has 24 heavy (non-hydrogen) atoms. The standard InChI is InChI=1S/C22H27NO/c1-2-24-22-8-4-3-7-21(22)19-10-9-18-16-20(12-11-17(18)15-19)23-13-5-6-14-23/h3-4,7-10,15,20H,2,5-6,11-14,16H2,1H3. The number of ether oxygens (including phenoxy) is 1. The predicted octanol–water partition coefficient (Wildman–Crippen LogP) is 4.71. The van der Waals surface area contributed by atoms with Gasteiger partial charge in [0.2, 0.25) is 0 Å². The first-order chi connectivity index (χ1) is 11.8. The summed E-state index contributed by atoms with van der Waals surface area (Å²) in [7, 11) is 0. The first-order valence-corrected chi connectivity index (χ1v) is 9.43. The second kappa shape index (κ2) is 6.98. The Kier molecular flexibility index (Phi) is 4.57. The lowest BCUT2D eigenvalue weighted by Gasteiger charge is -2.32. The van der Waals surface area contributed by atoms with Crippen molar-refractivity contribution in [3.8, 4) is 16.9 Å². The number of benzene rings is 2. The summed E-state index contributed by atoms with van der Waals surface area (Å²) < 4.78 is 5.81. The molecule has 1 heterocycles. The normalized spacial score (nSPS) is 20.8. The molecule has 1 unspecified atom stereocenters. The smallest absolute Gasteiger partial charge is 0.127 e. The van der Waals surface area contributed by atoms with Gasteiger partial charge >= 0.3 is 0 Å². The molecule has 1 aliphatic heterocycles. The highest BCUT2D eigenvalue weighted by Crippen LogP contribution is 2.34. The summed E-state index contributed by atoms with van der Waals surface area (Å²) >= 11 is 0. The van der Waals surface area contributed by atoms with Crippen molar-refractivity contribution >= 4 is 0 Å². The molecule has 2 heteroatoms. The first-order valence-electron chi connectivity index (χ1n) is 9.43. The van der Waals surface area contributed by atoms with Gasteiger partial charge in [0.15, 0.2) is 0 Å². The largest absolute Gasteiger partial charge is 0.493 e. The van der Waals surface area contributed by atoms with Crippen molar-refractivity contribution in [2.24, 2.45) is 0 Å². The lowest BCUT2D eigenvalue weighted by Crippen LogP contribution is -2.37. The lowest BCUT2D eigenvalue weighted by molar-refractivity contribution is 0.222. The molecule has 2 aliphatic rings. The fourth-order valence-electron chi connectivity index (χ4n) is 4.31. The van der Waals surface area contributed by atoms with Crippen LogP contribution in [0.3, 0.4) is 0 Å². The highest BCUT2D eigenvalue weighted by atomic mass is 16.5. The summed E-state index contributed by atoms with van der Waals surface area (Å²) in [6.45, 7) is 5.36. The van der Waals surface area contributed by atoms with E-state index in [1.807, 2.05) is 13.0 Å². The van der Waals surface area contributed by atoms with E-state index in [1.165, 1.54) is 61.9 Å². The predicted molar refractivity (Wildman–Crippen MR) is 99.7 cm³/mol. The third-order valence-electron chi connectivity index (χ3n) is 5.56. The van der Waals surface area contributed by atoms with Crippen molar-refractivity contribution in [1.29, 1.82) is 0 Å². The van der Waals surface area contributed by atoms with E-state index < -0.39 is 0 Å². The lowest BCUT2D eigenvalue weighted by atomic mass is 9.85. The van der Waals surface area contributed by atoms with Gasteiger partial charge < -0.3 is 9.64 Å². The van der Waals surface area contributed by atoms with Crippen molar-refractivity contribution in [1.82, 2.24) is 4.90 Å². The van der Waals surface area contributed by atoms with Crippen LogP contribution in [0.5, 0.6) is 5.75 Å². The van der Waals surface area contributed by atoms with Gasteiger partial charge in [-0.3, -0.25) is 0 Å². The fourth-order valence-corrected chi connectivity index (χ4v) is 4.31. The zero-order chi connectivity index (χ0) is 16.4. The van der Waals surface area contributed by atoms with Gasteiger partial charge in [-0.15, -0.1) is 0 Å². The average molecular weight is 321 g/mol. The molecular formula is C22H27NO. The van der Waals surface area contributed by atoms with Gasteiger partial charge in [-0.2, -0.15) is 0 Å². The molecule has 1 aliphatic carbocycles. The quantitative estimate of drug-likeness (QED) is 0.809. The zero-order valence-corrected chi connectivity index (χ0v) is 14.6. The minimum absolute atomic E-state index is 0.708. The SMILES string of the molecule is CCOc1ccccc1-c1ccc2c(c1)CCC(N1CCCC1)C2. The van der Waals surface area contributed by atoms with E-state index in [0.29, 0.717) is 6.61 Å². The first kappa shape index (κ1) is 15.7. The summed E-state index contributed by atoms with van der Waals surface area (Å²) in [5, 5.41) is 0. The molecule has 0 aromatic heterocycles. The Morgan fingerprint density at radius 2 is 1.88 bits per heavy atom. The van der Waals surface area contributed by atoms with Crippen LogP contribution < -0.4 is 4.74 Å². The summed E-state index contributed by atoms with van der Waals surface area (Å²) in [6, 6.07) is 16.2. The molecule has 1 fully saturated rings. The number of para-hydroxylation sites is 1. The monoisotopic (exact) mass is 321 g/mol. The van der Waals surface area contributed by atoms with Gasteiger partial charge in [0.05, 0.1) is 6.61 Å². The molecule has 0 saturated carbocycles. The van der Waals surface area contributed by atoms with E-state index in [1.54, 1.807) is 5.56 Å². The molecule has 1 saturated heterocycles. The molecule has 4 rings (SSSR count). The topological polar surface area (TPSA) is 12.5 Å². The summed E-state index contributed by atoms with van der Waals surface area (Å²) in [4.78, 5) is 2.71. The number of fused-ring (bicyclic) bond motifs is 1. The van der Waals surface area contributed by atoms with Crippen molar-refractivity contribution in [3.05, 3.63) is 53.6 Å². The van der Waals surface area contributed by atoms with Gasteiger partial charge in [-0.25, -0.2) is 0 Å². The maximum Gasteiger partial charge on any atom is 0.127 e. The van der Waals surface area contributed by atoms with E-state index in [9.17, 15) is 0 Å². The van der Waals surface area contributed by atoms with Crippen molar-refractivity contribution in [2.45, 2.75) is 45.1 Å². The Balaban J connectivity index is 1.59. The van der Waals surface area contributed by atoms with Gasteiger partial charge in [0.25, 0.3) is 0 Å². The Labute approximate surface area is 145 Å². The van der Waals surface area contributed by atoms with Crippen LogP contribution in [0.25, 0.3) is 11.1 Å². The van der Waals surface area contributed by atoms with Crippen LogP contribution in [0.1, 0.15) is 37.3 Å². The maximum absolute atomic E-state index is 5.81. The Bertz CT molecular complexity index is 703. The van der Waals surface area contributed by atoms with Crippen LogP contribution in [0.4, 0.5) is 0 Å².